The van der Waals surface area contributed by atoms with Crippen LogP contribution < -0.4 is 4.42 Å². The minimum Gasteiger partial charge on any atom is -0.283 e. The lowest BCUT2D eigenvalue weighted by molar-refractivity contribution is -0.113. The molecule has 0 fully saturated rings. The van der Waals surface area contributed by atoms with Crippen molar-refractivity contribution in [3.63, 3.8) is 0 Å². The van der Waals surface area contributed by atoms with Gasteiger partial charge in [-0.2, -0.15) is 0 Å². The first kappa shape index (κ1) is 8.53. The third kappa shape index (κ3) is 1.04. The predicted molar refractivity (Wildman–Crippen MR) is 49.1 cm³/mol. The highest BCUT2D eigenvalue weighted by Crippen LogP contribution is 2.36. The highest BCUT2D eigenvalue weighted by Gasteiger charge is 2.36. The molecule has 0 saturated heterocycles. The van der Waals surface area contributed by atoms with E-state index in [2.05, 4.69) is 0 Å². The Morgan fingerprint density at radius 3 is 2.54 bits per heavy atom. The fourth-order valence-corrected chi connectivity index (χ4v) is 1.77. The molecule has 0 radical (unpaired) electrons. The van der Waals surface area contributed by atoms with Gasteiger partial charge in [0.25, 0.3) is 5.78 Å². The third-order valence-electron chi connectivity index (χ3n) is 1.80. The summed E-state index contributed by atoms with van der Waals surface area (Å²) < 4.78 is 0.750. The number of carbonyl (C=O) groups is 2. The molecule has 13 heavy (non-hydrogen) atoms. The zero-order valence-electron chi connectivity index (χ0n) is 6.25. The summed E-state index contributed by atoms with van der Waals surface area (Å²) in [7, 11) is 0. The highest BCUT2D eigenvalue weighted by molar-refractivity contribution is 6.62. The molecule has 0 spiro atoms. The zero-order valence-corrected chi connectivity index (χ0v) is 7.76. The average Bonchev–Trinajstić information content (AvgIpc) is 2.33. The number of hydrogen-bond donors (Lipinski definition) is 0. The van der Waals surface area contributed by atoms with Gasteiger partial charge < -0.3 is 0 Å². The van der Waals surface area contributed by atoms with Crippen molar-refractivity contribution in [2.45, 2.75) is 0 Å². The number of nitrogens with zero attached hydrogens (tertiary/aromatic N) is 1. The summed E-state index contributed by atoms with van der Waals surface area (Å²) in [5, 5.41) is 0.298. The Hall–Kier alpha value is -1.06. The zero-order chi connectivity index (χ0) is 9.59. The van der Waals surface area contributed by atoms with E-state index in [1.807, 2.05) is 0 Å². The molecule has 0 N–H and O–H groups in total. The van der Waals surface area contributed by atoms with Gasteiger partial charge in [-0.25, -0.2) is 4.42 Å². The lowest BCUT2D eigenvalue weighted by Gasteiger charge is -2.05. The van der Waals surface area contributed by atoms with Crippen molar-refractivity contribution in [1.82, 2.24) is 0 Å². The Kier molecular flexibility index (Phi) is 1.78. The van der Waals surface area contributed by atoms with E-state index in [0.29, 0.717) is 5.02 Å². The lowest BCUT2D eigenvalue weighted by Crippen LogP contribution is -2.19. The van der Waals surface area contributed by atoms with Gasteiger partial charge in [0.2, 0.25) is 0 Å². The van der Waals surface area contributed by atoms with Crippen molar-refractivity contribution in [3.8, 4) is 0 Å². The molecular weight excluding hydrogens is 213 g/mol. The Labute approximate surface area is 84.0 Å². The van der Waals surface area contributed by atoms with Gasteiger partial charge >= 0.3 is 5.91 Å². The van der Waals surface area contributed by atoms with E-state index in [0.717, 1.165) is 4.42 Å². The molecule has 1 aliphatic heterocycles. The second-order valence-corrected chi connectivity index (χ2v) is 3.30. The van der Waals surface area contributed by atoms with E-state index in [1.54, 1.807) is 12.1 Å². The molecule has 1 heterocycles. The van der Waals surface area contributed by atoms with E-state index < -0.39 is 11.7 Å². The summed E-state index contributed by atoms with van der Waals surface area (Å²) in [6.07, 6.45) is 0. The smallest absolute Gasteiger partial charge is 0.283 e. The topological polar surface area (TPSA) is 37.4 Å². The molecule has 5 heteroatoms. The van der Waals surface area contributed by atoms with Gasteiger partial charge in [0.15, 0.2) is 0 Å². The van der Waals surface area contributed by atoms with Crippen molar-refractivity contribution in [2.75, 3.05) is 4.42 Å². The van der Waals surface area contributed by atoms with Crippen LogP contribution in [0.1, 0.15) is 10.4 Å². The number of carbonyl (C=O) groups excluding carboxylic acids is 2. The van der Waals surface area contributed by atoms with E-state index in [4.69, 9.17) is 23.4 Å². The summed E-state index contributed by atoms with van der Waals surface area (Å²) in [6, 6.07) is 4.69. The van der Waals surface area contributed by atoms with E-state index in [-0.39, 0.29) is 11.3 Å². The molecule has 0 saturated carbocycles. The first-order valence-corrected chi connectivity index (χ1v) is 4.17. The molecule has 1 amide bonds. The van der Waals surface area contributed by atoms with Crippen LogP contribution in [0.4, 0.5) is 5.69 Å². The van der Waals surface area contributed by atoms with Crippen LogP contribution in [-0.4, -0.2) is 11.7 Å². The van der Waals surface area contributed by atoms with Crippen molar-refractivity contribution in [2.24, 2.45) is 0 Å². The summed E-state index contributed by atoms with van der Waals surface area (Å²) in [5.41, 5.74) is 0.535. The Morgan fingerprint density at radius 2 is 1.92 bits per heavy atom. The van der Waals surface area contributed by atoms with Crippen LogP contribution >= 0.6 is 23.4 Å². The molecule has 2 rings (SSSR count). The largest absolute Gasteiger partial charge is 0.314 e. The maximum absolute atomic E-state index is 11.2. The molecule has 1 aromatic carbocycles. The van der Waals surface area contributed by atoms with Gasteiger partial charge in [-0.1, -0.05) is 17.7 Å². The van der Waals surface area contributed by atoms with Crippen molar-refractivity contribution in [1.29, 1.82) is 0 Å². The van der Waals surface area contributed by atoms with E-state index in [1.165, 1.54) is 6.07 Å². The van der Waals surface area contributed by atoms with E-state index in [9.17, 15) is 9.59 Å². The molecule has 1 aliphatic rings. The summed E-state index contributed by atoms with van der Waals surface area (Å²) in [4.78, 5) is 22.3. The van der Waals surface area contributed by atoms with Gasteiger partial charge in [-0.05, 0) is 12.1 Å². The molecule has 0 atom stereocenters. The number of ketones is 1. The molecule has 0 aromatic heterocycles. The number of Topliss-reactive ketones (excluding diaryl/α,β-unsaturated/α-hetero) is 1. The third-order valence-corrected chi connectivity index (χ3v) is 2.43. The molecule has 0 aliphatic carbocycles. The number of fused-ring (bicyclic) bond motifs is 1. The minimum absolute atomic E-state index is 0.257. The van der Waals surface area contributed by atoms with E-state index >= 15 is 0 Å². The fraction of sp³-hybridized carbons (Fsp3) is 0. The number of para-hydroxylation sites is 1. The van der Waals surface area contributed by atoms with Gasteiger partial charge in [-0.3, -0.25) is 9.59 Å². The van der Waals surface area contributed by atoms with Gasteiger partial charge in [0.05, 0.1) is 16.3 Å². The Bertz CT molecular complexity index is 417. The predicted octanol–water partition coefficient (Wildman–Crippen LogP) is 2.02. The molecule has 3 nitrogen and oxygen atoms in total. The van der Waals surface area contributed by atoms with Crippen molar-refractivity contribution < 1.29 is 9.59 Å². The van der Waals surface area contributed by atoms with Gasteiger partial charge in [-0.15, -0.1) is 0 Å². The van der Waals surface area contributed by atoms with Crippen LogP contribution in [0.2, 0.25) is 5.02 Å². The van der Waals surface area contributed by atoms with Crippen LogP contribution in [0, 0.1) is 0 Å². The van der Waals surface area contributed by atoms with Crippen LogP contribution in [0.5, 0.6) is 0 Å². The van der Waals surface area contributed by atoms with Gasteiger partial charge in [0, 0.05) is 11.8 Å². The normalized spacial score (nSPS) is 15.1. The summed E-state index contributed by atoms with van der Waals surface area (Å²) in [5.74, 6) is -1.38. The quantitative estimate of drug-likeness (QED) is 0.491. The molecule has 1 aromatic rings. The Balaban J connectivity index is 2.73. The number of benzene rings is 1. The number of anilines is 1. The first-order valence-electron chi connectivity index (χ1n) is 3.46. The molecule has 0 bridgehead atoms. The SMILES string of the molecule is O=C1C(=O)N(Cl)c2c(Cl)cccc21. The first-order chi connectivity index (χ1) is 6.13. The van der Waals surface area contributed by atoms with Crippen LogP contribution in [0.15, 0.2) is 18.2 Å². The van der Waals surface area contributed by atoms with Crippen LogP contribution in [-0.2, 0) is 4.79 Å². The standard InChI is InChI=1S/C8H3Cl2NO2/c9-5-3-1-2-4-6(5)11(10)8(13)7(4)12/h1-3H. The highest BCUT2D eigenvalue weighted by atomic mass is 35.5. The lowest BCUT2D eigenvalue weighted by atomic mass is 10.1. The number of halogens is 2. The average molecular weight is 216 g/mol. The van der Waals surface area contributed by atoms with Crippen LogP contribution in [0.3, 0.4) is 0 Å². The molecule has 0 unspecified atom stereocenters. The van der Waals surface area contributed by atoms with Crippen molar-refractivity contribution >= 4 is 40.8 Å². The molecule has 66 valence electrons. The monoisotopic (exact) mass is 215 g/mol. The second-order valence-electron chi connectivity index (χ2n) is 2.55. The van der Waals surface area contributed by atoms with Gasteiger partial charge in [0.1, 0.15) is 0 Å². The van der Waals surface area contributed by atoms with Crippen LogP contribution in [0.25, 0.3) is 0 Å². The summed E-state index contributed by atoms with van der Waals surface area (Å²) >= 11 is 11.3. The maximum Gasteiger partial charge on any atom is 0.314 e. The number of hydrogen-bond acceptors (Lipinski definition) is 2. The summed E-state index contributed by atoms with van der Waals surface area (Å²) in [6.45, 7) is 0. The minimum atomic E-state index is -0.759. The Morgan fingerprint density at radius 1 is 1.23 bits per heavy atom. The van der Waals surface area contributed by atoms with Crippen molar-refractivity contribution in [3.05, 3.63) is 28.8 Å². The second kappa shape index (κ2) is 2.72. The molecular formula is C8H3Cl2NO2. The number of rotatable bonds is 0. The number of amides is 1. The maximum atomic E-state index is 11.2. The fourth-order valence-electron chi connectivity index (χ4n) is 1.20.